The summed E-state index contributed by atoms with van der Waals surface area (Å²) in [6.45, 7) is 8.37. The van der Waals surface area contributed by atoms with Crippen LogP contribution in [-0.2, 0) is 0 Å². The van der Waals surface area contributed by atoms with Crippen LogP contribution in [0.25, 0.3) is 0 Å². The van der Waals surface area contributed by atoms with Crippen LogP contribution in [0.5, 0.6) is 0 Å². The number of allylic oxidation sites excluding steroid dienone is 1. The number of hydrogen-bond donors (Lipinski definition) is 0. The maximum absolute atomic E-state index is 3.72. The van der Waals surface area contributed by atoms with Crippen LogP contribution in [0.15, 0.2) is 12.7 Å². The Balaban J connectivity index is 3.16. The van der Waals surface area contributed by atoms with Gasteiger partial charge >= 0.3 is 0 Å². The third-order valence-electron chi connectivity index (χ3n) is 1.94. The third kappa shape index (κ3) is 4.80. The average Bonchev–Trinajstić information content (AvgIpc) is 1.99. The van der Waals surface area contributed by atoms with E-state index in [0.717, 1.165) is 0 Å². The van der Waals surface area contributed by atoms with Crippen molar-refractivity contribution in [3.8, 4) is 0 Å². The van der Waals surface area contributed by atoms with E-state index in [1.165, 1.54) is 31.0 Å². The van der Waals surface area contributed by atoms with Crippen molar-refractivity contribution in [2.45, 2.75) is 44.8 Å². The van der Waals surface area contributed by atoms with Gasteiger partial charge in [-0.1, -0.05) is 44.5 Å². The van der Waals surface area contributed by atoms with Crippen molar-refractivity contribution in [3.05, 3.63) is 12.7 Å². The van der Waals surface area contributed by atoms with Gasteiger partial charge in [-0.25, -0.2) is 0 Å². The monoisotopic (exact) mass is 155 g/mol. The molecule has 0 fully saturated rings. The summed E-state index contributed by atoms with van der Waals surface area (Å²) in [4.78, 5) is 0. The van der Waals surface area contributed by atoms with Crippen LogP contribution >= 0.6 is 0 Å². The summed E-state index contributed by atoms with van der Waals surface area (Å²) in [6, 6.07) is 4.38. The fourth-order valence-electron chi connectivity index (χ4n) is 1.10. The second-order valence-electron chi connectivity index (χ2n) is 2.64. The molecule has 0 aromatic heterocycles. The number of rotatable bonds is 6. The van der Waals surface area contributed by atoms with Gasteiger partial charge in [-0.05, 0) is 6.42 Å². The minimum absolute atomic E-state index is 0.0564. The lowest BCUT2D eigenvalue weighted by atomic mass is 10.3. The topological polar surface area (TPSA) is 0 Å². The Bertz CT molecular complexity index is 74.8. The van der Waals surface area contributed by atoms with E-state index in [9.17, 15) is 0 Å². The Morgan fingerprint density at radius 3 is 2.30 bits per heavy atom. The van der Waals surface area contributed by atoms with Gasteiger partial charge in [-0.2, -0.15) is 0 Å². The lowest BCUT2D eigenvalue weighted by Gasteiger charge is -2.07. The van der Waals surface area contributed by atoms with Crippen molar-refractivity contribution < 1.29 is 0 Å². The van der Waals surface area contributed by atoms with Gasteiger partial charge in [-0.15, -0.1) is 6.58 Å². The van der Waals surface area contributed by atoms with Crippen molar-refractivity contribution in [2.75, 3.05) is 0 Å². The average molecular weight is 155 g/mol. The first-order chi connectivity index (χ1) is 4.85. The fourth-order valence-corrected chi connectivity index (χ4v) is 3.01. The summed E-state index contributed by atoms with van der Waals surface area (Å²) in [5.74, 6) is 0. The van der Waals surface area contributed by atoms with Crippen LogP contribution in [-0.4, -0.2) is 8.80 Å². The van der Waals surface area contributed by atoms with Crippen LogP contribution in [0.3, 0.4) is 0 Å². The maximum Gasteiger partial charge on any atom is 0.0473 e. The highest BCUT2D eigenvalue weighted by Gasteiger charge is 2.03. The molecule has 0 aliphatic carbocycles. The van der Waals surface area contributed by atoms with Crippen molar-refractivity contribution in [2.24, 2.45) is 0 Å². The molecule has 0 aromatic rings. The molecule has 0 saturated carbocycles. The molecule has 0 spiro atoms. The molecule has 0 nitrogen and oxygen atoms in total. The van der Waals surface area contributed by atoms with Crippen LogP contribution < -0.4 is 0 Å². The second-order valence-corrected chi connectivity index (χ2v) is 6.05. The first-order valence-electron chi connectivity index (χ1n) is 4.29. The van der Waals surface area contributed by atoms with E-state index in [4.69, 9.17) is 0 Å². The number of unbranched alkanes of at least 4 members (excludes halogenated alkanes) is 1. The Morgan fingerprint density at radius 1 is 1.30 bits per heavy atom. The highest BCUT2D eigenvalue weighted by Crippen LogP contribution is 2.09. The first kappa shape index (κ1) is 9.96. The Morgan fingerprint density at radius 2 is 1.90 bits per heavy atom. The molecule has 0 rings (SSSR count). The van der Waals surface area contributed by atoms with E-state index in [1.54, 1.807) is 0 Å². The van der Waals surface area contributed by atoms with E-state index >= 15 is 0 Å². The summed E-state index contributed by atoms with van der Waals surface area (Å²) in [7, 11) is 0.0564. The normalized spacial score (nSPS) is 10.3. The van der Waals surface area contributed by atoms with Gasteiger partial charge in [-0.3, -0.25) is 0 Å². The first-order valence-corrected chi connectivity index (χ1v) is 6.41. The predicted molar refractivity (Wildman–Crippen MR) is 51.0 cm³/mol. The molecule has 1 radical (unpaired) electrons. The van der Waals surface area contributed by atoms with Crippen LogP contribution in [0.2, 0.25) is 18.1 Å². The van der Waals surface area contributed by atoms with E-state index in [2.05, 4.69) is 20.4 Å². The SMILES string of the molecule is C=CCCC[Si](CC)CC. The highest BCUT2D eigenvalue weighted by atomic mass is 28.3. The standard InChI is InChI=1S/C9H19Si/c1-4-7-8-9-10(5-2)6-3/h4H,1,5-9H2,2-3H3. The van der Waals surface area contributed by atoms with Crippen LogP contribution in [0, 0.1) is 0 Å². The highest BCUT2D eigenvalue weighted by molar-refractivity contribution is 6.58. The van der Waals surface area contributed by atoms with Crippen molar-refractivity contribution in [3.63, 3.8) is 0 Å². The zero-order chi connectivity index (χ0) is 7.82. The zero-order valence-electron chi connectivity index (χ0n) is 7.32. The molecule has 0 heterocycles. The molecule has 0 aromatic carbocycles. The lowest BCUT2D eigenvalue weighted by Crippen LogP contribution is -2.07. The quantitative estimate of drug-likeness (QED) is 0.313. The molecule has 0 aliphatic heterocycles. The molecule has 0 bridgehead atoms. The smallest absolute Gasteiger partial charge is 0.0473 e. The van der Waals surface area contributed by atoms with Crippen molar-refractivity contribution >= 4 is 8.80 Å². The van der Waals surface area contributed by atoms with E-state index in [1.807, 2.05) is 6.08 Å². The summed E-state index contributed by atoms with van der Waals surface area (Å²) < 4.78 is 0. The second kappa shape index (κ2) is 7.07. The predicted octanol–water partition coefficient (Wildman–Crippen LogP) is 3.49. The summed E-state index contributed by atoms with van der Waals surface area (Å²) >= 11 is 0. The van der Waals surface area contributed by atoms with E-state index in [-0.39, 0.29) is 8.80 Å². The van der Waals surface area contributed by atoms with Crippen molar-refractivity contribution in [1.29, 1.82) is 0 Å². The third-order valence-corrected chi connectivity index (χ3v) is 5.00. The van der Waals surface area contributed by atoms with Crippen molar-refractivity contribution in [1.82, 2.24) is 0 Å². The fraction of sp³-hybridized carbons (Fsp3) is 0.778. The van der Waals surface area contributed by atoms with Gasteiger partial charge in [0.05, 0.1) is 0 Å². The van der Waals surface area contributed by atoms with Gasteiger partial charge in [0, 0.05) is 8.80 Å². The van der Waals surface area contributed by atoms with Crippen LogP contribution in [0.1, 0.15) is 26.7 Å². The summed E-state index contributed by atoms with van der Waals surface area (Å²) in [5.41, 5.74) is 0. The maximum atomic E-state index is 3.72. The molecular weight excluding hydrogens is 136 g/mol. The Kier molecular flexibility index (Phi) is 7.04. The minimum Gasteiger partial charge on any atom is -0.103 e. The molecule has 1 heteroatoms. The van der Waals surface area contributed by atoms with E-state index in [0.29, 0.717) is 0 Å². The molecule has 0 atom stereocenters. The summed E-state index contributed by atoms with van der Waals surface area (Å²) in [6.07, 6.45) is 4.62. The molecule has 0 saturated heterocycles. The molecule has 10 heavy (non-hydrogen) atoms. The van der Waals surface area contributed by atoms with Gasteiger partial charge in [0.25, 0.3) is 0 Å². The Hall–Kier alpha value is -0.0431. The van der Waals surface area contributed by atoms with Crippen LogP contribution in [0.4, 0.5) is 0 Å². The lowest BCUT2D eigenvalue weighted by molar-refractivity contribution is 0.935. The molecule has 0 aliphatic rings. The largest absolute Gasteiger partial charge is 0.103 e. The van der Waals surface area contributed by atoms with E-state index < -0.39 is 0 Å². The van der Waals surface area contributed by atoms with Gasteiger partial charge in [0.1, 0.15) is 0 Å². The van der Waals surface area contributed by atoms with Gasteiger partial charge in [0.2, 0.25) is 0 Å². The molecule has 0 unspecified atom stereocenters. The molecule has 0 amide bonds. The summed E-state index contributed by atoms with van der Waals surface area (Å²) in [5, 5.41) is 0. The molecule has 0 N–H and O–H groups in total. The zero-order valence-corrected chi connectivity index (χ0v) is 8.32. The minimum atomic E-state index is 0.0564. The Labute approximate surface area is 66.9 Å². The molecular formula is C9H19Si. The van der Waals surface area contributed by atoms with Gasteiger partial charge < -0.3 is 0 Å². The number of hydrogen-bond acceptors (Lipinski definition) is 0. The molecule has 59 valence electrons. The van der Waals surface area contributed by atoms with Gasteiger partial charge in [0.15, 0.2) is 0 Å².